The Balaban J connectivity index is 1.54. The Kier molecular flexibility index (Phi) is 6.86. The van der Waals surface area contributed by atoms with Gasteiger partial charge < -0.3 is 14.9 Å². The molecule has 0 bridgehead atoms. The summed E-state index contributed by atoms with van der Waals surface area (Å²) in [5.74, 6) is 0. The van der Waals surface area contributed by atoms with Crippen LogP contribution in [0.15, 0.2) is 60.7 Å². The van der Waals surface area contributed by atoms with E-state index in [1.165, 1.54) is 11.4 Å². The summed E-state index contributed by atoms with van der Waals surface area (Å²) in [6.07, 6.45) is 1.14. The Morgan fingerprint density at radius 1 is 0.720 bits per heavy atom. The molecule has 1 heterocycles. The van der Waals surface area contributed by atoms with Crippen molar-refractivity contribution in [1.82, 2.24) is 9.80 Å². The van der Waals surface area contributed by atoms with Gasteiger partial charge in [-0.25, -0.2) is 0 Å². The average Bonchev–Trinajstić information content (AvgIpc) is 2.68. The third-order valence-electron chi connectivity index (χ3n) is 4.87. The van der Waals surface area contributed by atoms with Crippen molar-refractivity contribution < 1.29 is 5.11 Å². The highest BCUT2D eigenvalue weighted by Gasteiger charge is 2.16. The first-order valence-electron chi connectivity index (χ1n) is 9.30. The molecule has 2 aromatic carbocycles. The van der Waals surface area contributed by atoms with Crippen molar-refractivity contribution in [2.24, 2.45) is 0 Å². The van der Waals surface area contributed by atoms with Gasteiger partial charge in [-0.3, -0.25) is 4.90 Å². The fourth-order valence-electron chi connectivity index (χ4n) is 3.45. The van der Waals surface area contributed by atoms with Crippen LogP contribution in [0.25, 0.3) is 0 Å². The van der Waals surface area contributed by atoms with E-state index in [1.54, 1.807) is 0 Å². The van der Waals surface area contributed by atoms with E-state index in [2.05, 4.69) is 75.4 Å². The van der Waals surface area contributed by atoms with Crippen LogP contribution in [-0.2, 0) is 0 Å². The minimum absolute atomic E-state index is 0.267. The van der Waals surface area contributed by atoms with Gasteiger partial charge in [-0.2, -0.15) is 0 Å². The zero-order valence-corrected chi connectivity index (χ0v) is 14.9. The van der Waals surface area contributed by atoms with Gasteiger partial charge in [-0.05, 0) is 37.2 Å². The Bertz CT molecular complexity index is 558. The molecule has 1 fully saturated rings. The monoisotopic (exact) mass is 339 g/mol. The topological polar surface area (TPSA) is 30.0 Å². The fraction of sp³-hybridized carbons (Fsp3) is 0.429. The van der Waals surface area contributed by atoms with Crippen LogP contribution in [0.4, 0.5) is 11.4 Å². The van der Waals surface area contributed by atoms with Gasteiger partial charge in [-0.15, -0.1) is 0 Å². The summed E-state index contributed by atoms with van der Waals surface area (Å²) in [4.78, 5) is 7.29. The quantitative estimate of drug-likeness (QED) is 0.801. The molecule has 134 valence electrons. The van der Waals surface area contributed by atoms with E-state index in [0.29, 0.717) is 0 Å². The lowest BCUT2D eigenvalue weighted by Crippen LogP contribution is -2.47. The Hall–Kier alpha value is -1.88. The predicted octanol–water partition coefficient (Wildman–Crippen LogP) is 2.82. The van der Waals surface area contributed by atoms with Crippen molar-refractivity contribution >= 4 is 11.4 Å². The number of para-hydroxylation sites is 2. The minimum Gasteiger partial charge on any atom is -0.395 e. The molecule has 0 aliphatic carbocycles. The summed E-state index contributed by atoms with van der Waals surface area (Å²) in [6.45, 7) is 7.58. The maximum absolute atomic E-state index is 9.04. The number of anilines is 2. The molecule has 0 unspecified atom stereocenters. The molecule has 2 aromatic rings. The first-order chi connectivity index (χ1) is 12.4. The highest BCUT2D eigenvalue weighted by molar-refractivity contribution is 5.62. The van der Waals surface area contributed by atoms with Crippen LogP contribution < -0.4 is 4.90 Å². The summed E-state index contributed by atoms with van der Waals surface area (Å²) in [7, 11) is 0. The van der Waals surface area contributed by atoms with E-state index in [-0.39, 0.29) is 6.61 Å². The van der Waals surface area contributed by atoms with Gasteiger partial charge in [0.2, 0.25) is 0 Å². The van der Waals surface area contributed by atoms with Crippen molar-refractivity contribution in [2.75, 3.05) is 57.3 Å². The first-order valence-corrected chi connectivity index (χ1v) is 9.30. The second-order valence-electron chi connectivity index (χ2n) is 6.58. The molecular weight excluding hydrogens is 310 g/mol. The molecule has 1 N–H and O–H groups in total. The van der Waals surface area contributed by atoms with E-state index in [0.717, 1.165) is 52.2 Å². The molecular formula is C21H29N3O. The molecule has 4 heteroatoms. The number of benzene rings is 2. The summed E-state index contributed by atoms with van der Waals surface area (Å²) in [6, 6.07) is 21.3. The van der Waals surface area contributed by atoms with E-state index in [9.17, 15) is 0 Å². The zero-order chi connectivity index (χ0) is 17.3. The molecule has 0 radical (unpaired) electrons. The highest BCUT2D eigenvalue weighted by Crippen LogP contribution is 2.25. The molecule has 0 saturated carbocycles. The zero-order valence-electron chi connectivity index (χ0n) is 14.9. The van der Waals surface area contributed by atoms with Crippen LogP contribution >= 0.6 is 0 Å². The van der Waals surface area contributed by atoms with Crippen molar-refractivity contribution in [2.45, 2.75) is 6.42 Å². The number of β-amino-alcohol motifs (C(OH)–C–C–N with tert-alkyl or cyclic N) is 1. The second-order valence-corrected chi connectivity index (χ2v) is 6.58. The van der Waals surface area contributed by atoms with E-state index >= 15 is 0 Å². The van der Waals surface area contributed by atoms with Crippen LogP contribution in [0.2, 0.25) is 0 Å². The Morgan fingerprint density at radius 3 is 1.68 bits per heavy atom. The predicted molar refractivity (Wildman–Crippen MR) is 104 cm³/mol. The van der Waals surface area contributed by atoms with E-state index in [4.69, 9.17) is 5.11 Å². The standard InChI is InChI=1S/C21H29N3O/c25-19-18-23-16-14-22(15-17-23)12-7-13-24(20-8-3-1-4-9-20)21-10-5-2-6-11-21/h1-6,8-11,25H,7,12-19H2. The Morgan fingerprint density at radius 2 is 1.20 bits per heavy atom. The number of piperazine rings is 1. The lowest BCUT2D eigenvalue weighted by Gasteiger charge is -2.35. The summed E-state index contributed by atoms with van der Waals surface area (Å²) >= 11 is 0. The lowest BCUT2D eigenvalue weighted by atomic mass is 10.2. The van der Waals surface area contributed by atoms with Crippen LogP contribution in [0.5, 0.6) is 0 Å². The summed E-state index contributed by atoms with van der Waals surface area (Å²) in [5.41, 5.74) is 2.50. The maximum atomic E-state index is 9.04. The first kappa shape index (κ1) is 17.9. The second kappa shape index (κ2) is 9.56. The molecule has 1 saturated heterocycles. The third-order valence-corrected chi connectivity index (χ3v) is 4.87. The van der Waals surface area contributed by atoms with Gasteiger partial charge in [0.05, 0.1) is 6.61 Å². The van der Waals surface area contributed by atoms with Crippen molar-refractivity contribution in [3.63, 3.8) is 0 Å². The van der Waals surface area contributed by atoms with Crippen LogP contribution in [0.3, 0.4) is 0 Å². The van der Waals surface area contributed by atoms with Crippen LogP contribution in [0, 0.1) is 0 Å². The smallest absolute Gasteiger partial charge is 0.0558 e. The van der Waals surface area contributed by atoms with Gasteiger partial charge >= 0.3 is 0 Å². The Labute approximate surface area is 151 Å². The maximum Gasteiger partial charge on any atom is 0.0558 e. The number of nitrogens with zero attached hydrogens (tertiary/aromatic N) is 3. The number of hydrogen-bond donors (Lipinski definition) is 1. The van der Waals surface area contributed by atoms with Crippen LogP contribution in [-0.4, -0.2) is 67.3 Å². The van der Waals surface area contributed by atoms with Gasteiger partial charge in [0, 0.05) is 50.6 Å². The highest BCUT2D eigenvalue weighted by atomic mass is 16.3. The number of aliphatic hydroxyl groups is 1. The SMILES string of the molecule is OCCN1CCN(CCCN(c2ccccc2)c2ccccc2)CC1. The third kappa shape index (κ3) is 5.30. The minimum atomic E-state index is 0.267. The van der Waals surface area contributed by atoms with Gasteiger partial charge in [0.25, 0.3) is 0 Å². The fourth-order valence-corrected chi connectivity index (χ4v) is 3.45. The molecule has 0 aromatic heterocycles. The molecule has 1 aliphatic rings. The number of aliphatic hydroxyl groups excluding tert-OH is 1. The van der Waals surface area contributed by atoms with Crippen molar-refractivity contribution in [3.8, 4) is 0 Å². The lowest BCUT2D eigenvalue weighted by molar-refractivity contribution is 0.112. The van der Waals surface area contributed by atoms with Gasteiger partial charge in [-0.1, -0.05) is 36.4 Å². The van der Waals surface area contributed by atoms with E-state index < -0.39 is 0 Å². The van der Waals surface area contributed by atoms with Gasteiger partial charge in [0.1, 0.15) is 0 Å². The largest absolute Gasteiger partial charge is 0.395 e. The van der Waals surface area contributed by atoms with Gasteiger partial charge in [0.15, 0.2) is 0 Å². The average molecular weight is 339 g/mol. The van der Waals surface area contributed by atoms with Crippen molar-refractivity contribution in [3.05, 3.63) is 60.7 Å². The normalized spacial score (nSPS) is 16.0. The van der Waals surface area contributed by atoms with Crippen LogP contribution in [0.1, 0.15) is 6.42 Å². The molecule has 1 aliphatic heterocycles. The molecule has 4 nitrogen and oxygen atoms in total. The summed E-state index contributed by atoms with van der Waals surface area (Å²) in [5, 5.41) is 9.04. The molecule has 0 spiro atoms. The molecule has 3 rings (SSSR count). The summed E-state index contributed by atoms with van der Waals surface area (Å²) < 4.78 is 0. The molecule has 25 heavy (non-hydrogen) atoms. The number of hydrogen-bond acceptors (Lipinski definition) is 4. The van der Waals surface area contributed by atoms with E-state index in [1.807, 2.05) is 0 Å². The molecule has 0 amide bonds. The van der Waals surface area contributed by atoms with Crippen molar-refractivity contribution in [1.29, 1.82) is 0 Å². The number of rotatable bonds is 8. The molecule has 0 atom stereocenters.